The highest BCUT2D eigenvalue weighted by Crippen LogP contribution is 2.23. The van der Waals surface area contributed by atoms with E-state index in [2.05, 4.69) is 17.6 Å². The number of amides is 3. The number of hydrogen-bond acceptors (Lipinski definition) is 4. The lowest BCUT2D eigenvalue weighted by molar-refractivity contribution is -0.141. The number of nitrogens with one attached hydrogen (secondary N) is 2. The van der Waals surface area contributed by atoms with Crippen molar-refractivity contribution in [2.45, 2.75) is 78.1 Å². The first kappa shape index (κ1) is 27.9. The first-order valence-corrected chi connectivity index (χ1v) is 12.1. The Hall–Kier alpha value is -3.35. The molecule has 0 aliphatic carbocycles. The molecule has 0 heterocycles. The van der Waals surface area contributed by atoms with Crippen LogP contribution in [0, 0.1) is 0 Å². The highest BCUT2D eigenvalue weighted by atomic mass is 16.6. The molecule has 2 unspecified atom stereocenters. The predicted molar refractivity (Wildman–Crippen MR) is 138 cm³/mol. The molecule has 0 aliphatic heterocycles. The minimum absolute atomic E-state index is 0.0941. The predicted octanol–water partition coefficient (Wildman–Crippen LogP) is 4.41. The van der Waals surface area contributed by atoms with Crippen LogP contribution in [-0.4, -0.2) is 47.5 Å². The maximum atomic E-state index is 13.8. The second-order valence-electron chi connectivity index (χ2n) is 10.00. The fraction of sp³-hybridized carbons (Fsp3) is 0.464. The standard InChI is InChI=1S/C28H39N3O4/c1-8-20-14-16-22(17-15-20)24(25(32)29-19(2)3)31(7)26(33)23(18-21-12-10-9-11-13-21)30-27(34)35-28(4,5)6/h9-17,19,23-24H,8,18H2,1-7H3,(H,29,32)(H,30,34). The molecule has 2 aromatic rings. The third-order valence-electron chi connectivity index (χ3n) is 5.39. The summed E-state index contributed by atoms with van der Waals surface area (Å²) < 4.78 is 5.41. The third kappa shape index (κ3) is 8.74. The zero-order valence-corrected chi connectivity index (χ0v) is 21.9. The lowest BCUT2D eigenvalue weighted by atomic mass is 9.99. The topological polar surface area (TPSA) is 87.7 Å². The van der Waals surface area contributed by atoms with Crippen molar-refractivity contribution in [1.82, 2.24) is 15.5 Å². The maximum Gasteiger partial charge on any atom is 0.408 e. The molecule has 2 aromatic carbocycles. The summed E-state index contributed by atoms with van der Waals surface area (Å²) in [7, 11) is 1.59. The van der Waals surface area contributed by atoms with Gasteiger partial charge < -0.3 is 20.3 Å². The molecule has 3 amide bonds. The number of likely N-dealkylation sites (N-methyl/N-ethyl adjacent to an activating group) is 1. The molecule has 0 fully saturated rings. The summed E-state index contributed by atoms with van der Waals surface area (Å²) in [5, 5.41) is 5.64. The van der Waals surface area contributed by atoms with Crippen molar-refractivity contribution in [2.24, 2.45) is 0 Å². The molecule has 0 radical (unpaired) electrons. The van der Waals surface area contributed by atoms with Crippen molar-refractivity contribution in [3.63, 3.8) is 0 Å². The van der Waals surface area contributed by atoms with Crippen LogP contribution in [0.2, 0.25) is 0 Å². The van der Waals surface area contributed by atoms with Crippen LogP contribution < -0.4 is 10.6 Å². The van der Waals surface area contributed by atoms with Gasteiger partial charge in [0.05, 0.1) is 0 Å². The van der Waals surface area contributed by atoms with E-state index >= 15 is 0 Å². The van der Waals surface area contributed by atoms with E-state index < -0.39 is 23.8 Å². The molecule has 0 aliphatic rings. The maximum absolute atomic E-state index is 13.8. The van der Waals surface area contributed by atoms with Gasteiger partial charge >= 0.3 is 6.09 Å². The lowest BCUT2D eigenvalue weighted by Gasteiger charge is -2.32. The Morgan fingerprint density at radius 2 is 1.51 bits per heavy atom. The van der Waals surface area contributed by atoms with E-state index in [-0.39, 0.29) is 24.3 Å². The Morgan fingerprint density at radius 3 is 2.03 bits per heavy atom. The molecule has 0 bridgehead atoms. The van der Waals surface area contributed by atoms with Crippen LogP contribution in [0.15, 0.2) is 54.6 Å². The monoisotopic (exact) mass is 481 g/mol. The van der Waals surface area contributed by atoms with Gasteiger partial charge in [-0.25, -0.2) is 4.79 Å². The molecule has 0 spiro atoms. The number of benzene rings is 2. The molecular formula is C28H39N3O4. The Labute approximate surface area is 209 Å². The molecule has 190 valence electrons. The van der Waals surface area contributed by atoms with E-state index in [1.54, 1.807) is 27.8 Å². The van der Waals surface area contributed by atoms with Gasteiger partial charge in [-0.2, -0.15) is 0 Å². The number of aryl methyl sites for hydroxylation is 1. The van der Waals surface area contributed by atoms with Crippen molar-refractivity contribution in [2.75, 3.05) is 7.05 Å². The summed E-state index contributed by atoms with van der Waals surface area (Å²) in [5.41, 5.74) is 2.01. The van der Waals surface area contributed by atoms with Gasteiger partial charge in [-0.15, -0.1) is 0 Å². The zero-order valence-electron chi connectivity index (χ0n) is 21.9. The third-order valence-corrected chi connectivity index (χ3v) is 5.39. The summed E-state index contributed by atoms with van der Waals surface area (Å²) in [5.74, 6) is -0.668. The average molecular weight is 482 g/mol. The van der Waals surface area contributed by atoms with Crippen LogP contribution in [0.1, 0.15) is 64.3 Å². The van der Waals surface area contributed by atoms with Crippen LogP contribution in [0.25, 0.3) is 0 Å². The van der Waals surface area contributed by atoms with Crippen molar-refractivity contribution in [3.8, 4) is 0 Å². The molecule has 2 atom stereocenters. The van der Waals surface area contributed by atoms with Gasteiger partial charge in [0.2, 0.25) is 11.8 Å². The Balaban J connectivity index is 2.39. The Morgan fingerprint density at radius 1 is 0.914 bits per heavy atom. The molecular weight excluding hydrogens is 442 g/mol. The Kier molecular flexibility index (Phi) is 9.87. The number of ether oxygens (including phenoxy) is 1. The van der Waals surface area contributed by atoms with Gasteiger partial charge in [0, 0.05) is 19.5 Å². The van der Waals surface area contributed by atoms with Gasteiger partial charge in [-0.05, 0) is 57.7 Å². The highest BCUT2D eigenvalue weighted by molar-refractivity contribution is 5.92. The van der Waals surface area contributed by atoms with Gasteiger partial charge in [0.15, 0.2) is 0 Å². The molecule has 0 aromatic heterocycles. The van der Waals surface area contributed by atoms with Crippen LogP contribution in [-0.2, 0) is 27.2 Å². The molecule has 0 saturated heterocycles. The number of carbonyl (C=O) groups is 3. The fourth-order valence-electron chi connectivity index (χ4n) is 3.72. The second kappa shape index (κ2) is 12.4. The molecule has 0 saturated carbocycles. The number of carbonyl (C=O) groups excluding carboxylic acids is 3. The number of nitrogens with zero attached hydrogens (tertiary/aromatic N) is 1. The first-order valence-electron chi connectivity index (χ1n) is 12.1. The van der Waals surface area contributed by atoms with E-state index in [0.717, 1.165) is 17.5 Å². The van der Waals surface area contributed by atoms with E-state index in [1.165, 1.54) is 4.90 Å². The van der Waals surface area contributed by atoms with Crippen molar-refractivity contribution in [1.29, 1.82) is 0 Å². The molecule has 2 rings (SSSR count). The second-order valence-corrected chi connectivity index (χ2v) is 10.00. The minimum atomic E-state index is -0.915. The van der Waals surface area contributed by atoms with Gasteiger partial charge in [0.1, 0.15) is 17.7 Å². The molecule has 35 heavy (non-hydrogen) atoms. The van der Waals surface area contributed by atoms with Crippen molar-refractivity contribution < 1.29 is 19.1 Å². The molecule has 7 heteroatoms. The van der Waals surface area contributed by atoms with Crippen LogP contribution in [0.3, 0.4) is 0 Å². The number of rotatable bonds is 9. The fourth-order valence-corrected chi connectivity index (χ4v) is 3.72. The van der Waals surface area contributed by atoms with E-state index in [0.29, 0.717) is 5.56 Å². The number of alkyl carbamates (subject to hydrolysis) is 1. The SMILES string of the molecule is CCc1ccc(C(C(=O)NC(C)C)N(C)C(=O)C(Cc2ccccc2)NC(=O)OC(C)(C)C)cc1. The highest BCUT2D eigenvalue weighted by Gasteiger charge is 2.34. The van der Waals surface area contributed by atoms with Crippen LogP contribution in [0.4, 0.5) is 4.79 Å². The minimum Gasteiger partial charge on any atom is -0.444 e. The summed E-state index contributed by atoms with van der Waals surface area (Å²) in [6.45, 7) is 11.1. The number of hydrogen-bond donors (Lipinski definition) is 2. The summed E-state index contributed by atoms with van der Waals surface area (Å²) >= 11 is 0. The summed E-state index contributed by atoms with van der Waals surface area (Å²) in [6, 6.07) is 15.2. The summed E-state index contributed by atoms with van der Waals surface area (Å²) in [4.78, 5) is 41.0. The quantitative estimate of drug-likeness (QED) is 0.555. The smallest absolute Gasteiger partial charge is 0.408 e. The van der Waals surface area contributed by atoms with E-state index in [4.69, 9.17) is 4.74 Å². The van der Waals surface area contributed by atoms with Gasteiger partial charge in [-0.3, -0.25) is 9.59 Å². The zero-order chi connectivity index (χ0) is 26.2. The Bertz CT molecular complexity index is 982. The first-order chi connectivity index (χ1) is 16.4. The average Bonchev–Trinajstić information content (AvgIpc) is 2.77. The summed E-state index contributed by atoms with van der Waals surface area (Å²) in [6.07, 6.45) is 0.448. The van der Waals surface area contributed by atoms with Gasteiger partial charge in [-0.1, -0.05) is 61.5 Å². The van der Waals surface area contributed by atoms with Crippen molar-refractivity contribution >= 4 is 17.9 Å². The van der Waals surface area contributed by atoms with Crippen LogP contribution in [0.5, 0.6) is 0 Å². The van der Waals surface area contributed by atoms with E-state index in [1.807, 2.05) is 68.4 Å². The van der Waals surface area contributed by atoms with Gasteiger partial charge in [0.25, 0.3) is 0 Å². The largest absolute Gasteiger partial charge is 0.444 e. The lowest BCUT2D eigenvalue weighted by Crippen LogP contribution is -2.53. The van der Waals surface area contributed by atoms with Crippen molar-refractivity contribution in [3.05, 3.63) is 71.3 Å². The molecule has 7 nitrogen and oxygen atoms in total. The van der Waals surface area contributed by atoms with Crippen LogP contribution >= 0.6 is 0 Å². The van der Waals surface area contributed by atoms with E-state index in [9.17, 15) is 14.4 Å². The normalized spacial score (nSPS) is 13.0. The molecule has 2 N–H and O–H groups in total.